The number of aromatic amines is 1. The zero-order chi connectivity index (χ0) is 20.5. The SMILES string of the molecule is O=[N+]([O-])c1ccc(-n2cc(CSc3n[nH]c(-c4cc5ccccc5o4)n3)nn2)cc1. The molecule has 2 aromatic carbocycles. The van der Waals surface area contributed by atoms with Gasteiger partial charge in [-0.25, -0.2) is 4.68 Å². The molecular formula is C19H13N7O3S. The van der Waals surface area contributed by atoms with E-state index in [2.05, 4.69) is 25.5 Å². The van der Waals surface area contributed by atoms with E-state index in [0.717, 1.165) is 16.7 Å². The number of non-ortho nitro benzene ring substituents is 1. The van der Waals surface area contributed by atoms with Gasteiger partial charge in [0.05, 0.1) is 22.5 Å². The summed E-state index contributed by atoms with van der Waals surface area (Å²) in [5.74, 6) is 1.70. The van der Waals surface area contributed by atoms with Gasteiger partial charge in [0, 0.05) is 23.3 Å². The third kappa shape index (κ3) is 3.53. The van der Waals surface area contributed by atoms with Crippen molar-refractivity contribution < 1.29 is 9.34 Å². The van der Waals surface area contributed by atoms with Gasteiger partial charge in [0.1, 0.15) is 5.58 Å². The van der Waals surface area contributed by atoms with Gasteiger partial charge < -0.3 is 4.42 Å². The summed E-state index contributed by atoms with van der Waals surface area (Å²) in [6.07, 6.45) is 1.76. The molecule has 148 valence electrons. The van der Waals surface area contributed by atoms with Gasteiger partial charge in [-0.05, 0) is 24.3 Å². The Kier molecular flexibility index (Phi) is 4.48. The summed E-state index contributed by atoms with van der Waals surface area (Å²) >= 11 is 1.41. The average Bonchev–Trinajstić information content (AvgIpc) is 3.51. The number of nitro groups is 1. The Labute approximate surface area is 173 Å². The van der Waals surface area contributed by atoms with E-state index in [1.54, 1.807) is 23.0 Å². The summed E-state index contributed by atoms with van der Waals surface area (Å²) in [6, 6.07) is 15.8. The number of hydrogen-bond donors (Lipinski definition) is 1. The normalized spacial score (nSPS) is 11.2. The van der Waals surface area contributed by atoms with Gasteiger partial charge >= 0.3 is 0 Å². The molecule has 1 N–H and O–H groups in total. The molecule has 3 heterocycles. The summed E-state index contributed by atoms with van der Waals surface area (Å²) in [4.78, 5) is 14.8. The molecule has 10 nitrogen and oxygen atoms in total. The molecule has 0 aliphatic carbocycles. The van der Waals surface area contributed by atoms with Crippen LogP contribution in [0.1, 0.15) is 5.69 Å². The lowest BCUT2D eigenvalue weighted by Crippen LogP contribution is -1.95. The Morgan fingerprint density at radius 1 is 1.17 bits per heavy atom. The van der Waals surface area contributed by atoms with Gasteiger partial charge in [-0.2, -0.15) is 4.98 Å². The van der Waals surface area contributed by atoms with Gasteiger partial charge in [0.2, 0.25) is 5.16 Å². The van der Waals surface area contributed by atoms with E-state index in [4.69, 9.17) is 4.42 Å². The quantitative estimate of drug-likeness (QED) is 0.248. The number of H-pyrrole nitrogens is 1. The highest BCUT2D eigenvalue weighted by molar-refractivity contribution is 7.98. The standard InChI is InChI=1S/C19H13N7O3S/c27-26(28)15-7-5-14(6-8-15)25-10-13(21-24-25)11-30-19-20-18(22-23-19)17-9-12-3-1-2-4-16(12)29-17/h1-10H,11H2,(H,20,22,23). The van der Waals surface area contributed by atoms with Crippen LogP contribution in [0.2, 0.25) is 0 Å². The fourth-order valence-corrected chi connectivity index (χ4v) is 3.55. The minimum atomic E-state index is -0.441. The zero-order valence-electron chi connectivity index (χ0n) is 15.3. The van der Waals surface area contributed by atoms with Gasteiger partial charge in [-0.3, -0.25) is 15.2 Å². The van der Waals surface area contributed by atoms with Crippen molar-refractivity contribution in [2.75, 3.05) is 0 Å². The predicted octanol–water partition coefficient (Wildman–Crippen LogP) is 4.00. The molecular weight excluding hydrogens is 406 g/mol. The summed E-state index contributed by atoms with van der Waals surface area (Å²) in [5.41, 5.74) is 2.24. The largest absolute Gasteiger partial charge is 0.453 e. The number of furan rings is 1. The predicted molar refractivity (Wildman–Crippen MR) is 109 cm³/mol. The molecule has 0 atom stereocenters. The Morgan fingerprint density at radius 3 is 2.80 bits per heavy atom. The maximum atomic E-state index is 10.8. The second kappa shape index (κ2) is 7.44. The lowest BCUT2D eigenvalue weighted by Gasteiger charge is -1.98. The third-order valence-electron chi connectivity index (χ3n) is 4.34. The molecule has 5 rings (SSSR count). The van der Waals surface area contributed by atoms with E-state index in [9.17, 15) is 10.1 Å². The molecule has 0 fully saturated rings. The van der Waals surface area contributed by atoms with Crippen LogP contribution < -0.4 is 0 Å². The van der Waals surface area contributed by atoms with E-state index in [0.29, 0.717) is 28.2 Å². The molecule has 0 aliphatic heterocycles. The first-order chi connectivity index (χ1) is 14.7. The fraction of sp³-hybridized carbons (Fsp3) is 0.0526. The van der Waals surface area contributed by atoms with Gasteiger partial charge in [0.25, 0.3) is 5.69 Å². The van der Waals surface area contributed by atoms with Crippen LogP contribution in [0, 0.1) is 10.1 Å². The van der Waals surface area contributed by atoms with Crippen LogP contribution in [0.15, 0.2) is 70.4 Å². The first-order valence-electron chi connectivity index (χ1n) is 8.86. The number of aromatic nitrogens is 6. The van der Waals surface area contributed by atoms with Crippen molar-refractivity contribution in [3.8, 4) is 17.3 Å². The first-order valence-corrected chi connectivity index (χ1v) is 9.84. The Balaban J connectivity index is 1.26. The second-order valence-corrected chi connectivity index (χ2v) is 7.27. The van der Waals surface area contributed by atoms with E-state index in [1.807, 2.05) is 30.3 Å². The van der Waals surface area contributed by atoms with Crippen molar-refractivity contribution in [2.45, 2.75) is 10.9 Å². The number of nitrogens with one attached hydrogen (secondary N) is 1. The van der Waals surface area contributed by atoms with Crippen molar-refractivity contribution in [3.63, 3.8) is 0 Å². The van der Waals surface area contributed by atoms with Crippen LogP contribution in [0.25, 0.3) is 28.2 Å². The van der Waals surface area contributed by atoms with Crippen LogP contribution in [-0.4, -0.2) is 35.1 Å². The number of hydrogen-bond acceptors (Lipinski definition) is 8. The van der Waals surface area contributed by atoms with E-state index < -0.39 is 4.92 Å². The van der Waals surface area contributed by atoms with Crippen LogP contribution in [0.4, 0.5) is 5.69 Å². The Bertz CT molecular complexity index is 1310. The van der Waals surface area contributed by atoms with Gasteiger partial charge in [-0.15, -0.1) is 10.2 Å². The second-order valence-electron chi connectivity index (χ2n) is 6.33. The molecule has 5 aromatic rings. The van der Waals surface area contributed by atoms with E-state index >= 15 is 0 Å². The van der Waals surface area contributed by atoms with E-state index in [-0.39, 0.29) is 5.69 Å². The van der Waals surface area contributed by atoms with Gasteiger partial charge in [0.15, 0.2) is 11.6 Å². The van der Waals surface area contributed by atoms with Crippen LogP contribution in [0.3, 0.4) is 0 Å². The molecule has 0 spiro atoms. The summed E-state index contributed by atoms with van der Waals surface area (Å²) in [5, 5.41) is 27.6. The molecule has 11 heteroatoms. The zero-order valence-corrected chi connectivity index (χ0v) is 16.1. The van der Waals surface area contributed by atoms with Crippen molar-refractivity contribution in [1.82, 2.24) is 30.2 Å². The number of thioether (sulfide) groups is 1. The van der Waals surface area contributed by atoms with Crippen molar-refractivity contribution in [1.29, 1.82) is 0 Å². The number of nitrogens with zero attached hydrogens (tertiary/aromatic N) is 6. The topological polar surface area (TPSA) is 129 Å². The molecule has 0 unspecified atom stereocenters. The number of benzene rings is 2. The fourth-order valence-electron chi connectivity index (χ4n) is 2.88. The molecule has 0 bridgehead atoms. The lowest BCUT2D eigenvalue weighted by molar-refractivity contribution is -0.384. The highest BCUT2D eigenvalue weighted by Gasteiger charge is 2.13. The van der Waals surface area contributed by atoms with E-state index in [1.165, 1.54) is 23.9 Å². The Hall–Kier alpha value is -3.99. The molecule has 0 aliphatic rings. The molecule has 0 amide bonds. The minimum absolute atomic E-state index is 0.0273. The molecule has 30 heavy (non-hydrogen) atoms. The highest BCUT2D eigenvalue weighted by atomic mass is 32.2. The van der Waals surface area contributed by atoms with Crippen molar-refractivity contribution >= 4 is 28.4 Å². The van der Waals surface area contributed by atoms with Crippen molar-refractivity contribution in [2.24, 2.45) is 0 Å². The lowest BCUT2D eigenvalue weighted by atomic mass is 10.2. The smallest absolute Gasteiger partial charge is 0.269 e. The number of para-hydroxylation sites is 1. The molecule has 0 radical (unpaired) electrons. The number of rotatable bonds is 6. The Morgan fingerprint density at radius 2 is 2.00 bits per heavy atom. The number of fused-ring (bicyclic) bond motifs is 1. The molecule has 3 aromatic heterocycles. The summed E-state index contributed by atoms with van der Waals surface area (Å²) < 4.78 is 7.36. The summed E-state index contributed by atoms with van der Waals surface area (Å²) in [7, 11) is 0. The maximum Gasteiger partial charge on any atom is 0.269 e. The number of nitro benzene ring substituents is 1. The third-order valence-corrected chi connectivity index (χ3v) is 5.22. The average molecular weight is 419 g/mol. The van der Waals surface area contributed by atoms with Crippen LogP contribution in [0.5, 0.6) is 0 Å². The highest BCUT2D eigenvalue weighted by Crippen LogP contribution is 2.27. The van der Waals surface area contributed by atoms with Crippen molar-refractivity contribution in [3.05, 3.63) is 76.6 Å². The minimum Gasteiger partial charge on any atom is -0.453 e. The summed E-state index contributed by atoms with van der Waals surface area (Å²) in [6.45, 7) is 0. The van der Waals surface area contributed by atoms with Crippen LogP contribution >= 0.6 is 11.8 Å². The monoisotopic (exact) mass is 419 g/mol. The molecule has 0 saturated carbocycles. The molecule has 0 saturated heterocycles. The first kappa shape index (κ1) is 18.1. The van der Waals surface area contributed by atoms with Gasteiger partial charge in [-0.1, -0.05) is 35.2 Å². The van der Waals surface area contributed by atoms with Crippen LogP contribution in [-0.2, 0) is 5.75 Å². The maximum absolute atomic E-state index is 10.8.